The normalized spacial score (nSPS) is 10.5. The summed E-state index contributed by atoms with van der Waals surface area (Å²) in [6.07, 6.45) is 0.734. The summed E-state index contributed by atoms with van der Waals surface area (Å²) in [5, 5.41) is 2.44. The minimum Gasteiger partial charge on any atom is -0.481 e. The third-order valence-corrected chi connectivity index (χ3v) is 5.60. The molecule has 1 amide bonds. The smallest absolute Gasteiger partial charge is 0.338 e. The van der Waals surface area contributed by atoms with E-state index in [1.54, 1.807) is 24.3 Å². The zero-order chi connectivity index (χ0) is 20.8. The van der Waals surface area contributed by atoms with Crippen molar-refractivity contribution in [2.24, 2.45) is 0 Å². The quantitative estimate of drug-likeness (QED) is 0.275. The number of hydrogen-bond acceptors (Lipinski definition) is 4. The molecule has 2 aromatic carbocycles. The second-order valence-electron chi connectivity index (χ2n) is 5.45. The second-order valence-corrected chi connectivity index (χ2v) is 7.34. The molecule has 0 heterocycles. The van der Waals surface area contributed by atoms with E-state index >= 15 is 0 Å². The molecule has 28 heavy (non-hydrogen) atoms. The van der Waals surface area contributed by atoms with Crippen LogP contribution in [0, 0.1) is 0 Å². The van der Waals surface area contributed by atoms with Crippen molar-refractivity contribution in [3.05, 3.63) is 54.9 Å². The van der Waals surface area contributed by atoms with E-state index in [1.165, 1.54) is 0 Å². The summed E-state index contributed by atoms with van der Waals surface area (Å²) in [5.41, 5.74) is 0.844. The molecule has 0 aliphatic carbocycles. The average molecular weight is 486 g/mol. The lowest BCUT2D eigenvalue weighted by Gasteiger charge is -2.13. The molecule has 2 rings (SSSR count). The molecule has 0 aliphatic heterocycles. The van der Waals surface area contributed by atoms with Gasteiger partial charge in [-0.2, -0.15) is 0 Å². The molecule has 5 nitrogen and oxygen atoms in total. The predicted octanol–water partition coefficient (Wildman–Crippen LogP) is 6.54. The Morgan fingerprint density at radius 2 is 1.43 bits per heavy atom. The Morgan fingerprint density at radius 1 is 0.893 bits per heavy atom. The van der Waals surface area contributed by atoms with E-state index in [0.29, 0.717) is 17.9 Å². The summed E-state index contributed by atoms with van der Waals surface area (Å²) in [5.74, 6) is -0.966. The first kappa shape index (κ1) is 22.9. The third kappa shape index (κ3) is 5.58. The van der Waals surface area contributed by atoms with Crippen LogP contribution < -0.4 is 10.1 Å². The van der Waals surface area contributed by atoms with Gasteiger partial charge in [0, 0.05) is 5.69 Å². The van der Waals surface area contributed by atoms with Gasteiger partial charge in [0.2, 0.25) is 0 Å². The van der Waals surface area contributed by atoms with Crippen molar-refractivity contribution in [3.8, 4) is 5.75 Å². The topological polar surface area (TPSA) is 64.6 Å². The Hall–Kier alpha value is -1.37. The van der Waals surface area contributed by atoms with Crippen LogP contribution in [-0.2, 0) is 9.53 Å². The molecular weight excluding hydrogens is 471 g/mol. The number of anilines is 1. The van der Waals surface area contributed by atoms with Gasteiger partial charge in [-0.1, -0.05) is 64.9 Å². The number of hydrogen-bond donors (Lipinski definition) is 1. The molecule has 0 bridgehead atoms. The maximum absolute atomic E-state index is 12.1. The van der Waals surface area contributed by atoms with Crippen molar-refractivity contribution in [2.45, 2.75) is 13.3 Å². The van der Waals surface area contributed by atoms with Gasteiger partial charge in [-0.05, 0) is 30.7 Å². The van der Waals surface area contributed by atoms with Crippen LogP contribution in [0.1, 0.15) is 23.7 Å². The molecule has 0 saturated heterocycles. The third-order valence-electron chi connectivity index (χ3n) is 3.36. The zero-order valence-electron chi connectivity index (χ0n) is 14.5. The summed E-state index contributed by atoms with van der Waals surface area (Å²) in [6.45, 7) is 1.84. The van der Waals surface area contributed by atoms with E-state index in [9.17, 15) is 9.59 Å². The van der Waals surface area contributed by atoms with Crippen molar-refractivity contribution < 1.29 is 19.1 Å². The highest BCUT2D eigenvalue weighted by atomic mass is 35.5. The maximum Gasteiger partial charge on any atom is 0.338 e. The van der Waals surface area contributed by atoms with Crippen LogP contribution in [-0.4, -0.2) is 25.1 Å². The van der Waals surface area contributed by atoms with Crippen LogP contribution >= 0.6 is 58.0 Å². The Bertz CT molecular complexity index is 858. The number of benzene rings is 2. The fourth-order valence-corrected chi connectivity index (χ4v) is 3.24. The van der Waals surface area contributed by atoms with Crippen LogP contribution in [0.2, 0.25) is 25.1 Å². The van der Waals surface area contributed by atoms with Crippen molar-refractivity contribution in [3.63, 3.8) is 0 Å². The van der Waals surface area contributed by atoms with Gasteiger partial charge in [0.05, 0.1) is 27.2 Å². The predicted molar refractivity (Wildman–Crippen MR) is 113 cm³/mol. The Balaban J connectivity index is 1.99. The SMILES string of the molecule is CCCOC(=O)c1ccc(NC(=O)COc2c(Cl)c(Cl)c(Cl)c(Cl)c2Cl)cc1. The van der Waals surface area contributed by atoms with Crippen LogP contribution in [0.25, 0.3) is 0 Å². The van der Waals surface area contributed by atoms with Crippen LogP contribution in [0.15, 0.2) is 24.3 Å². The standard InChI is InChI=1S/C18H14Cl5NO4/c1-2-7-27-18(26)9-3-5-10(6-4-9)24-11(25)8-28-17-15(22)13(20)12(19)14(21)16(17)23/h3-6H,2,7-8H2,1H3,(H,24,25). The molecular formula is C18H14Cl5NO4. The Labute approximate surface area is 186 Å². The van der Waals surface area contributed by atoms with Crippen LogP contribution in [0.3, 0.4) is 0 Å². The molecule has 1 N–H and O–H groups in total. The highest BCUT2D eigenvalue weighted by Crippen LogP contribution is 2.48. The molecule has 10 heteroatoms. The number of esters is 1. The lowest BCUT2D eigenvalue weighted by Crippen LogP contribution is -2.20. The van der Waals surface area contributed by atoms with Gasteiger partial charge in [-0.3, -0.25) is 4.79 Å². The molecule has 0 saturated carbocycles. The van der Waals surface area contributed by atoms with Crippen molar-refractivity contribution in [2.75, 3.05) is 18.5 Å². The molecule has 0 radical (unpaired) electrons. The minimum absolute atomic E-state index is 0.00677. The van der Waals surface area contributed by atoms with Gasteiger partial charge >= 0.3 is 5.97 Å². The largest absolute Gasteiger partial charge is 0.481 e. The Kier molecular flexibility index (Phi) is 8.53. The second kappa shape index (κ2) is 10.4. The number of nitrogens with one attached hydrogen (secondary N) is 1. The first-order valence-electron chi connectivity index (χ1n) is 7.97. The number of ether oxygens (including phenoxy) is 2. The summed E-state index contributed by atoms with van der Waals surface area (Å²) >= 11 is 29.9. The number of carbonyl (C=O) groups excluding carboxylic acids is 2. The van der Waals surface area contributed by atoms with Gasteiger partial charge in [0.1, 0.15) is 10.0 Å². The molecule has 0 spiro atoms. The zero-order valence-corrected chi connectivity index (χ0v) is 18.2. The fourth-order valence-electron chi connectivity index (χ4n) is 2.01. The first-order valence-corrected chi connectivity index (χ1v) is 9.86. The van der Waals surface area contributed by atoms with Gasteiger partial charge in [0.15, 0.2) is 12.4 Å². The summed E-state index contributed by atoms with van der Waals surface area (Å²) < 4.78 is 10.4. The molecule has 0 atom stereocenters. The van der Waals surface area contributed by atoms with E-state index in [2.05, 4.69) is 5.32 Å². The van der Waals surface area contributed by atoms with E-state index in [4.69, 9.17) is 67.5 Å². The number of amides is 1. The Morgan fingerprint density at radius 3 is 1.96 bits per heavy atom. The van der Waals surface area contributed by atoms with Crippen molar-refractivity contribution in [1.82, 2.24) is 0 Å². The van der Waals surface area contributed by atoms with Crippen LogP contribution in [0.5, 0.6) is 5.75 Å². The van der Waals surface area contributed by atoms with Crippen molar-refractivity contribution >= 4 is 75.6 Å². The summed E-state index contributed by atoms with van der Waals surface area (Å²) in [4.78, 5) is 23.9. The first-order chi connectivity index (χ1) is 13.3. The van der Waals surface area contributed by atoms with Gasteiger partial charge in [-0.25, -0.2) is 4.79 Å². The van der Waals surface area contributed by atoms with E-state index in [0.717, 1.165) is 6.42 Å². The van der Waals surface area contributed by atoms with Gasteiger partial charge < -0.3 is 14.8 Å². The number of carbonyl (C=O) groups is 2. The monoisotopic (exact) mass is 483 g/mol. The molecule has 0 unspecified atom stereocenters. The molecule has 150 valence electrons. The lowest BCUT2D eigenvalue weighted by molar-refractivity contribution is -0.118. The molecule has 0 fully saturated rings. The molecule has 0 aliphatic rings. The number of rotatable bonds is 7. The minimum atomic E-state index is -0.490. The number of halogens is 5. The molecule has 0 aromatic heterocycles. The lowest BCUT2D eigenvalue weighted by atomic mass is 10.2. The highest BCUT2D eigenvalue weighted by Gasteiger charge is 2.21. The van der Waals surface area contributed by atoms with E-state index in [1.807, 2.05) is 6.92 Å². The van der Waals surface area contributed by atoms with Crippen LogP contribution in [0.4, 0.5) is 5.69 Å². The molecule has 2 aromatic rings. The van der Waals surface area contributed by atoms with Crippen molar-refractivity contribution in [1.29, 1.82) is 0 Å². The van der Waals surface area contributed by atoms with E-state index in [-0.39, 0.29) is 30.9 Å². The fraction of sp³-hybridized carbons (Fsp3) is 0.222. The maximum atomic E-state index is 12.1. The van der Waals surface area contributed by atoms with E-state index < -0.39 is 18.5 Å². The highest BCUT2D eigenvalue weighted by molar-refractivity contribution is 6.55. The van der Waals surface area contributed by atoms with Gasteiger partial charge in [-0.15, -0.1) is 0 Å². The summed E-state index contributed by atoms with van der Waals surface area (Å²) in [6, 6.07) is 6.22. The average Bonchev–Trinajstić information content (AvgIpc) is 2.69. The van der Waals surface area contributed by atoms with Gasteiger partial charge in [0.25, 0.3) is 5.91 Å². The summed E-state index contributed by atoms with van der Waals surface area (Å²) in [7, 11) is 0.